The Labute approximate surface area is 170 Å². The average molecular weight is 444 g/mol. The van der Waals surface area contributed by atoms with Crippen molar-refractivity contribution in [3.8, 4) is 0 Å². The highest BCUT2D eigenvalue weighted by Gasteiger charge is 2.42. The van der Waals surface area contributed by atoms with E-state index in [0.29, 0.717) is 24.1 Å². The summed E-state index contributed by atoms with van der Waals surface area (Å²) < 4.78 is 14.1. The normalized spacial score (nSPS) is 19.6. The predicted molar refractivity (Wildman–Crippen MR) is 115 cm³/mol. The molecule has 1 saturated heterocycles. The van der Waals surface area contributed by atoms with Crippen molar-refractivity contribution in [1.29, 1.82) is 0 Å². The monoisotopic (exact) mass is 443 g/mol. The smallest absolute Gasteiger partial charge is 0.317 e. The Kier molecular flexibility index (Phi) is 10.5. The molecular formula is C15H30N3O4PS3. The molecule has 1 aliphatic rings. The maximum Gasteiger partial charge on any atom is 0.434 e. The van der Waals surface area contributed by atoms with Gasteiger partial charge in [-0.3, -0.25) is 4.84 Å². The molecule has 0 spiro atoms. The molecule has 11 heteroatoms. The maximum absolute atomic E-state index is 11.7. The van der Waals surface area contributed by atoms with Crippen LogP contribution >= 0.6 is 30.4 Å². The van der Waals surface area contributed by atoms with Crippen LogP contribution in [0.5, 0.6) is 0 Å². The van der Waals surface area contributed by atoms with E-state index in [2.05, 4.69) is 24.3 Å². The SMILES string of the molecule is CCC1(CC)COP(=S)(N(SCNC(=O)ON=C(C)SC)C(C)C)OC1. The maximum atomic E-state index is 11.7. The zero-order valence-corrected chi connectivity index (χ0v) is 19.7. The fourth-order valence-electron chi connectivity index (χ4n) is 2.12. The molecule has 26 heavy (non-hydrogen) atoms. The second kappa shape index (κ2) is 11.2. The first-order chi connectivity index (χ1) is 12.2. The number of hydrogen-bond acceptors (Lipinski definition) is 8. The largest absolute Gasteiger partial charge is 0.434 e. The molecule has 0 aromatic rings. The molecule has 1 heterocycles. The van der Waals surface area contributed by atoms with Crippen molar-refractivity contribution >= 4 is 53.3 Å². The number of hydrogen-bond donors (Lipinski definition) is 1. The van der Waals surface area contributed by atoms with E-state index in [1.165, 1.54) is 23.7 Å². The average Bonchev–Trinajstić information content (AvgIpc) is 2.63. The molecule has 1 amide bonds. The van der Waals surface area contributed by atoms with Crippen LogP contribution in [0.1, 0.15) is 47.5 Å². The van der Waals surface area contributed by atoms with Crippen molar-refractivity contribution in [3.05, 3.63) is 0 Å². The second-order valence-corrected chi connectivity index (χ2v) is 11.7. The first kappa shape index (κ1) is 24.2. The zero-order chi connectivity index (χ0) is 19.8. The minimum absolute atomic E-state index is 0.0465. The van der Waals surface area contributed by atoms with E-state index in [0.717, 1.165) is 12.8 Å². The summed E-state index contributed by atoms with van der Waals surface area (Å²) in [5.41, 5.74) is 0.0465. The first-order valence-corrected chi connectivity index (χ1v) is 13.3. The fourth-order valence-corrected chi connectivity index (χ4v) is 6.92. The molecule has 0 saturated carbocycles. The lowest BCUT2D eigenvalue weighted by atomic mass is 9.84. The Morgan fingerprint density at radius 1 is 1.38 bits per heavy atom. The summed E-state index contributed by atoms with van der Waals surface area (Å²) in [6.45, 7) is 8.77. The molecule has 152 valence electrons. The van der Waals surface area contributed by atoms with Crippen LogP contribution in [-0.2, 0) is 25.7 Å². The minimum atomic E-state index is -2.58. The van der Waals surface area contributed by atoms with Crippen LogP contribution in [0.15, 0.2) is 5.16 Å². The van der Waals surface area contributed by atoms with Gasteiger partial charge in [-0.15, -0.1) is 11.8 Å². The summed E-state index contributed by atoms with van der Waals surface area (Å²) in [6, 6.07) is 0.108. The van der Waals surface area contributed by atoms with Gasteiger partial charge in [-0.1, -0.05) is 19.0 Å². The quantitative estimate of drug-likeness (QED) is 0.109. The molecule has 1 N–H and O–H groups in total. The van der Waals surface area contributed by atoms with E-state index in [9.17, 15) is 4.79 Å². The highest BCUT2D eigenvalue weighted by molar-refractivity contribution is 8.15. The molecule has 0 aliphatic carbocycles. The number of thioether (sulfide) groups is 1. The van der Waals surface area contributed by atoms with Gasteiger partial charge in [-0.25, -0.2) is 4.79 Å². The van der Waals surface area contributed by atoms with Crippen LogP contribution in [0.2, 0.25) is 0 Å². The van der Waals surface area contributed by atoms with Gasteiger partial charge in [0.05, 0.1) is 19.1 Å². The third kappa shape index (κ3) is 6.96. The lowest BCUT2D eigenvalue weighted by molar-refractivity contribution is 0.0178. The minimum Gasteiger partial charge on any atom is -0.317 e. The van der Waals surface area contributed by atoms with E-state index >= 15 is 0 Å². The zero-order valence-electron chi connectivity index (χ0n) is 16.3. The van der Waals surface area contributed by atoms with Gasteiger partial charge in [-0.05, 0) is 63.6 Å². The molecule has 0 aromatic heterocycles. The summed E-state index contributed by atoms with van der Waals surface area (Å²) in [4.78, 5) is 16.4. The van der Waals surface area contributed by atoms with E-state index in [1.807, 2.05) is 24.2 Å². The molecular weight excluding hydrogens is 413 g/mol. The van der Waals surface area contributed by atoms with Crippen LogP contribution in [0.4, 0.5) is 4.79 Å². The van der Waals surface area contributed by atoms with Crippen LogP contribution in [0.3, 0.4) is 0 Å². The van der Waals surface area contributed by atoms with Crippen LogP contribution in [-0.4, -0.2) is 46.6 Å². The van der Waals surface area contributed by atoms with Gasteiger partial charge in [0.25, 0.3) is 6.64 Å². The van der Waals surface area contributed by atoms with Crippen molar-refractivity contribution in [3.63, 3.8) is 0 Å². The lowest BCUT2D eigenvalue weighted by Crippen LogP contribution is -2.38. The Hall–Kier alpha value is 0.170. The van der Waals surface area contributed by atoms with Crippen molar-refractivity contribution in [1.82, 2.24) is 9.39 Å². The molecule has 1 fully saturated rings. The van der Waals surface area contributed by atoms with Gasteiger partial charge < -0.3 is 14.4 Å². The van der Waals surface area contributed by atoms with E-state index in [4.69, 9.17) is 25.7 Å². The van der Waals surface area contributed by atoms with Gasteiger partial charge in [0.15, 0.2) is 0 Å². The van der Waals surface area contributed by atoms with Gasteiger partial charge in [0.2, 0.25) is 0 Å². The van der Waals surface area contributed by atoms with E-state index in [1.54, 1.807) is 6.92 Å². The summed E-state index contributed by atoms with van der Waals surface area (Å²) in [5, 5.41) is 7.01. The fraction of sp³-hybridized carbons (Fsp3) is 0.867. The Balaban J connectivity index is 2.59. The topological polar surface area (TPSA) is 72.4 Å². The second-order valence-electron chi connectivity index (χ2n) is 6.26. The highest BCUT2D eigenvalue weighted by Crippen LogP contribution is 2.61. The summed E-state index contributed by atoms with van der Waals surface area (Å²) >= 11 is 8.52. The number of carbonyl (C=O) groups is 1. The molecule has 0 aromatic carbocycles. The molecule has 7 nitrogen and oxygen atoms in total. The molecule has 1 rings (SSSR count). The number of nitrogens with one attached hydrogen (secondary N) is 1. The van der Waals surface area contributed by atoms with Crippen LogP contribution in [0.25, 0.3) is 0 Å². The standard InChI is InChI=1S/C15H30N3O4PS3/c1-7-15(8-2)9-20-23(24,21-10-15)18(12(3)4)26-11-16-14(19)22-17-13(5)25-6/h12H,7-11H2,1-6H3,(H,16,19). The molecule has 0 unspecified atom stereocenters. The molecule has 1 aliphatic heterocycles. The van der Waals surface area contributed by atoms with Crippen molar-refractivity contribution in [2.75, 3.05) is 25.3 Å². The first-order valence-electron chi connectivity index (χ1n) is 8.57. The van der Waals surface area contributed by atoms with E-state index < -0.39 is 12.7 Å². The van der Waals surface area contributed by atoms with Gasteiger partial charge in [0, 0.05) is 11.5 Å². The summed E-state index contributed by atoms with van der Waals surface area (Å²) in [5.74, 6) is 0.294. The van der Waals surface area contributed by atoms with Crippen molar-refractivity contribution < 1.29 is 18.7 Å². The number of nitrogens with zero attached hydrogens (tertiary/aromatic N) is 2. The van der Waals surface area contributed by atoms with Gasteiger partial charge in [-0.2, -0.15) is 4.08 Å². The van der Waals surface area contributed by atoms with E-state index in [-0.39, 0.29) is 11.5 Å². The lowest BCUT2D eigenvalue weighted by Gasteiger charge is -2.44. The third-order valence-corrected chi connectivity index (χ3v) is 10.2. The Bertz CT molecular complexity index is 530. The molecule has 0 atom stereocenters. The third-order valence-electron chi connectivity index (χ3n) is 4.22. The van der Waals surface area contributed by atoms with Crippen LogP contribution in [0, 0.1) is 5.41 Å². The van der Waals surface area contributed by atoms with Gasteiger partial charge in [0.1, 0.15) is 5.04 Å². The summed E-state index contributed by atoms with van der Waals surface area (Å²) in [6.07, 6.45) is 3.25. The Morgan fingerprint density at radius 3 is 2.42 bits per heavy atom. The van der Waals surface area contributed by atoms with Crippen molar-refractivity contribution in [2.45, 2.75) is 53.5 Å². The number of amides is 1. The predicted octanol–water partition coefficient (Wildman–Crippen LogP) is 4.80. The number of carbonyl (C=O) groups excluding carboxylic acids is 1. The van der Waals surface area contributed by atoms with Crippen LogP contribution < -0.4 is 5.32 Å². The molecule has 0 bridgehead atoms. The molecule has 0 radical (unpaired) electrons. The van der Waals surface area contributed by atoms with Crippen molar-refractivity contribution in [2.24, 2.45) is 10.6 Å². The van der Waals surface area contributed by atoms with Gasteiger partial charge >= 0.3 is 6.09 Å². The Morgan fingerprint density at radius 2 is 1.96 bits per heavy atom. The number of rotatable bonds is 8. The number of oxime groups is 1. The highest BCUT2D eigenvalue weighted by atomic mass is 32.5. The summed E-state index contributed by atoms with van der Waals surface area (Å²) in [7, 11) is 0.